The fraction of sp³-hybridized carbons (Fsp3) is 0.342. The fourth-order valence-electron chi connectivity index (χ4n) is 6.92. The number of aromatic nitrogens is 2. The third-order valence-corrected chi connectivity index (χ3v) is 10.5. The second-order valence-electron chi connectivity index (χ2n) is 13.1. The molecule has 2 atom stereocenters. The number of nitrogens with one attached hydrogen (secondary N) is 4. The highest BCUT2D eigenvalue weighted by atomic mass is 35.5. The van der Waals surface area contributed by atoms with Crippen molar-refractivity contribution in [1.82, 2.24) is 36.1 Å². The number of pyridine rings is 2. The Morgan fingerprint density at radius 3 is 2.08 bits per heavy atom. The Kier molecular flexibility index (Phi) is 10.5. The number of hydrogen-bond acceptors (Lipinski definition) is 8. The number of hydrogen-bond donors (Lipinski definition) is 4. The molecule has 7 rings (SSSR count). The highest BCUT2D eigenvalue weighted by Crippen LogP contribution is 2.42. The van der Waals surface area contributed by atoms with Gasteiger partial charge in [-0.2, -0.15) is 0 Å². The zero-order valence-electron chi connectivity index (χ0n) is 28.2. The van der Waals surface area contributed by atoms with Gasteiger partial charge in [0.25, 0.3) is 5.91 Å². The quantitative estimate of drug-likeness (QED) is 0.142. The van der Waals surface area contributed by atoms with Crippen LogP contribution in [-0.2, 0) is 22.7 Å². The van der Waals surface area contributed by atoms with Gasteiger partial charge in [0.15, 0.2) is 0 Å². The van der Waals surface area contributed by atoms with Crippen LogP contribution in [-0.4, -0.2) is 78.0 Å². The average molecular weight is 729 g/mol. The molecule has 0 spiro atoms. The summed E-state index contributed by atoms with van der Waals surface area (Å²) < 4.78 is 5.64. The normalized spacial score (nSPS) is 18.3. The Morgan fingerprint density at radius 2 is 1.45 bits per heavy atom. The molecule has 0 saturated carbocycles. The van der Waals surface area contributed by atoms with Gasteiger partial charge in [0.1, 0.15) is 0 Å². The number of amides is 3. The zero-order valence-corrected chi connectivity index (χ0v) is 29.7. The van der Waals surface area contributed by atoms with Gasteiger partial charge in [0.05, 0.1) is 28.5 Å². The Morgan fingerprint density at radius 1 is 0.824 bits per heavy atom. The van der Waals surface area contributed by atoms with Crippen LogP contribution in [0.3, 0.4) is 0 Å². The van der Waals surface area contributed by atoms with E-state index in [2.05, 4.69) is 21.3 Å². The number of nitrogens with zero attached hydrogens (tertiary/aromatic N) is 3. The molecule has 2 aromatic carbocycles. The van der Waals surface area contributed by atoms with E-state index in [0.717, 1.165) is 40.7 Å². The van der Waals surface area contributed by atoms with Crippen LogP contribution in [0.2, 0.25) is 10.0 Å². The fourth-order valence-corrected chi connectivity index (χ4v) is 7.57. The summed E-state index contributed by atoms with van der Waals surface area (Å²) >= 11 is 14.2. The summed E-state index contributed by atoms with van der Waals surface area (Å²) in [5.74, 6) is 0.633. The first-order chi connectivity index (χ1) is 24.8. The van der Waals surface area contributed by atoms with Gasteiger partial charge in [-0.05, 0) is 25.0 Å². The van der Waals surface area contributed by atoms with E-state index in [9.17, 15) is 14.4 Å². The first kappa shape index (κ1) is 34.9. The topological polar surface area (TPSA) is 138 Å². The number of ether oxygens (including phenoxy) is 1. The van der Waals surface area contributed by atoms with Crippen molar-refractivity contribution in [2.24, 2.45) is 0 Å². The maximum atomic E-state index is 13.4. The summed E-state index contributed by atoms with van der Waals surface area (Å²) in [5, 5.41) is 13.6. The number of fused-ring (bicyclic) bond motifs is 1. The van der Waals surface area contributed by atoms with Gasteiger partial charge in [0.2, 0.25) is 17.7 Å². The van der Waals surface area contributed by atoms with Crippen LogP contribution in [0.1, 0.15) is 47.2 Å². The number of carbonyl (C=O) groups is 3. The van der Waals surface area contributed by atoms with Crippen LogP contribution in [0.5, 0.6) is 5.88 Å². The minimum atomic E-state index is -0.0420. The maximum Gasteiger partial charge on any atom is 0.254 e. The highest BCUT2D eigenvalue weighted by molar-refractivity contribution is 6.39. The summed E-state index contributed by atoms with van der Waals surface area (Å²) in [6, 6.07) is 17.4. The van der Waals surface area contributed by atoms with Gasteiger partial charge in [-0.1, -0.05) is 65.7 Å². The van der Waals surface area contributed by atoms with Crippen LogP contribution in [0, 0.1) is 0 Å². The Labute approximate surface area is 306 Å². The molecule has 13 heteroatoms. The minimum absolute atomic E-state index is 0.0420. The highest BCUT2D eigenvalue weighted by Gasteiger charge is 2.29. The minimum Gasteiger partial charge on any atom is -0.481 e. The van der Waals surface area contributed by atoms with Crippen molar-refractivity contribution in [2.45, 2.75) is 50.9 Å². The Hall–Kier alpha value is -4.55. The van der Waals surface area contributed by atoms with E-state index in [4.69, 9.17) is 37.9 Å². The van der Waals surface area contributed by atoms with Gasteiger partial charge in [-0.3, -0.25) is 19.4 Å². The number of rotatable bonds is 13. The smallest absolute Gasteiger partial charge is 0.254 e. The number of halogens is 2. The lowest BCUT2D eigenvalue weighted by Crippen LogP contribution is -2.39. The molecule has 0 radical (unpaired) electrons. The van der Waals surface area contributed by atoms with Gasteiger partial charge in [-0.25, -0.2) is 4.98 Å². The molecule has 3 aliphatic rings. The molecule has 0 bridgehead atoms. The first-order valence-corrected chi connectivity index (χ1v) is 17.9. The molecule has 4 aromatic rings. The van der Waals surface area contributed by atoms with Crippen molar-refractivity contribution < 1.29 is 19.1 Å². The van der Waals surface area contributed by atoms with Gasteiger partial charge in [-0.15, -0.1) is 0 Å². The molecule has 51 heavy (non-hydrogen) atoms. The largest absolute Gasteiger partial charge is 0.481 e. The molecule has 0 aliphatic carbocycles. The molecular weight excluding hydrogens is 689 g/mol. The molecule has 0 unspecified atom stereocenters. The second kappa shape index (κ2) is 15.4. The van der Waals surface area contributed by atoms with Crippen LogP contribution in [0.15, 0.2) is 60.8 Å². The lowest BCUT2D eigenvalue weighted by atomic mass is 9.97. The van der Waals surface area contributed by atoms with E-state index in [-0.39, 0.29) is 29.8 Å². The molecule has 3 amide bonds. The number of benzene rings is 2. The molecule has 3 aliphatic heterocycles. The Bertz CT molecular complexity index is 1990. The lowest BCUT2D eigenvalue weighted by molar-refractivity contribution is -0.120. The van der Waals surface area contributed by atoms with Crippen LogP contribution < -0.4 is 26.0 Å². The summed E-state index contributed by atoms with van der Waals surface area (Å²) in [4.78, 5) is 47.6. The van der Waals surface area contributed by atoms with Crippen molar-refractivity contribution in [3.05, 3.63) is 87.5 Å². The summed E-state index contributed by atoms with van der Waals surface area (Å²) in [6.45, 7) is 3.58. The standard InChI is InChI=1S/C38H39Cl2N7O4/c1-51-37-22(17-42-20-25-10-13-34(49)45-25)8-11-31(46-37)28-6-2-4-26(35(28)39)27-5-3-7-29(36(27)40)32-16-30-23(18-43-32)21-47(38(30)50)15-14-41-19-24-9-12-33(48)44-24/h2-8,11,16,18,24-25,41-42H,9-10,12-15,17,19-21H2,1H3,(H,44,48)(H,45,49)/t24-,25-/m1/s1. The zero-order chi connectivity index (χ0) is 35.5. The summed E-state index contributed by atoms with van der Waals surface area (Å²) in [6.07, 6.45) is 4.55. The van der Waals surface area contributed by atoms with Crippen LogP contribution in [0.25, 0.3) is 33.6 Å². The average Bonchev–Trinajstić information content (AvgIpc) is 3.84. The van der Waals surface area contributed by atoms with E-state index in [1.807, 2.05) is 59.5 Å². The predicted octanol–water partition coefficient (Wildman–Crippen LogP) is 4.99. The van der Waals surface area contributed by atoms with Crippen molar-refractivity contribution in [3.8, 4) is 39.5 Å². The van der Waals surface area contributed by atoms with Gasteiger partial charge in [0, 0.05) is 109 Å². The third-order valence-electron chi connectivity index (χ3n) is 9.66. The second-order valence-corrected chi connectivity index (χ2v) is 13.8. The number of methoxy groups -OCH3 is 1. The van der Waals surface area contributed by atoms with E-state index < -0.39 is 0 Å². The SMILES string of the molecule is COc1nc(-c2cccc(-c3cccc(-c4cc5c(cn4)CN(CCNC[C@H]4CCC(=O)N4)C5=O)c3Cl)c2Cl)ccc1CNC[C@H]1CCC(=O)N1. The van der Waals surface area contributed by atoms with Crippen molar-refractivity contribution in [3.63, 3.8) is 0 Å². The van der Waals surface area contributed by atoms with Crippen molar-refractivity contribution >= 4 is 40.9 Å². The molecular formula is C38H39Cl2N7O4. The molecule has 4 N–H and O–H groups in total. The third kappa shape index (κ3) is 7.57. The van der Waals surface area contributed by atoms with Crippen molar-refractivity contribution in [2.75, 3.05) is 33.3 Å². The molecule has 2 saturated heterocycles. The molecule has 2 fully saturated rings. The van der Waals surface area contributed by atoms with E-state index in [1.165, 1.54) is 0 Å². The molecule has 264 valence electrons. The van der Waals surface area contributed by atoms with Crippen molar-refractivity contribution in [1.29, 1.82) is 0 Å². The van der Waals surface area contributed by atoms with Crippen LogP contribution in [0.4, 0.5) is 0 Å². The van der Waals surface area contributed by atoms with E-state index in [0.29, 0.717) is 90.6 Å². The summed E-state index contributed by atoms with van der Waals surface area (Å²) in [7, 11) is 1.59. The van der Waals surface area contributed by atoms with Gasteiger partial charge < -0.3 is 30.9 Å². The van der Waals surface area contributed by atoms with E-state index >= 15 is 0 Å². The van der Waals surface area contributed by atoms with Crippen LogP contribution >= 0.6 is 23.2 Å². The number of carbonyl (C=O) groups excluding carboxylic acids is 3. The van der Waals surface area contributed by atoms with Gasteiger partial charge >= 0.3 is 0 Å². The molecule has 11 nitrogen and oxygen atoms in total. The maximum absolute atomic E-state index is 13.4. The van der Waals surface area contributed by atoms with E-state index in [1.54, 1.807) is 13.3 Å². The molecule has 2 aromatic heterocycles. The summed E-state index contributed by atoms with van der Waals surface area (Å²) in [5.41, 5.74) is 6.53. The first-order valence-electron chi connectivity index (χ1n) is 17.2. The monoisotopic (exact) mass is 727 g/mol. The lowest BCUT2D eigenvalue weighted by Gasteiger charge is -2.17. The predicted molar refractivity (Wildman–Crippen MR) is 197 cm³/mol. The Balaban J connectivity index is 1.06. The molecule has 5 heterocycles.